The Labute approximate surface area is 118 Å². The maximum Gasteiger partial charge on any atom is 0.269 e. The van der Waals surface area contributed by atoms with Crippen LogP contribution < -0.4 is 5.32 Å². The molecule has 0 unspecified atom stereocenters. The van der Waals surface area contributed by atoms with Crippen LogP contribution in [-0.2, 0) is 0 Å². The Morgan fingerprint density at radius 2 is 1.95 bits per heavy atom. The molecule has 1 amide bonds. The number of nitrogens with zero attached hydrogens (tertiary/aromatic N) is 1. The molecule has 1 saturated carbocycles. The monoisotopic (exact) mass is 269 g/mol. The van der Waals surface area contributed by atoms with Crippen molar-refractivity contribution in [3.63, 3.8) is 0 Å². The second-order valence-electron chi connectivity index (χ2n) is 5.49. The minimum Gasteiger partial charge on any atom is -0.348 e. The molecule has 1 aliphatic rings. The quantitative estimate of drug-likeness (QED) is 0.899. The number of aryl methyl sites for hydroxylation is 1. The molecule has 0 spiro atoms. The number of amides is 1. The van der Waals surface area contributed by atoms with Crippen LogP contribution in [0.2, 0.25) is 0 Å². The first-order valence-electron chi connectivity index (χ1n) is 7.16. The third-order valence-electron chi connectivity index (χ3n) is 3.86. The first-order chi connectivity index (χ1) is 9.72. The van der Waals surface area contributed by atoms with Crippen molar-refractivity contribution < 1.29 is 4.79 Å². The molecule has 0 bridgehead atoms. The van der Waals surface area contributed by atoms with E-state index < -0.39 is 0 Å². The van der Waals surface area contributed by atoms with Crippen molar-refractivity contribution in [1.82, 2.24) is 15.5 Å². The number of hydrogen-bond donors (Lipinski definition) is 2. The fourth-order valence-electron chi connectivity index (χ4n) is 2.64. The summed E-state index contributed by atoms with van der Waals surface area (Å²) in [5.41, 5.74) is 3.57. The van der Waals surface area contributed by atoms with Gasteiger partial charge in [-0.2, -0.15) is 5.10 Å². The van der Waals surface area contributed by atoms with Gasteiger partial charge in [0.2, 0.25) is 0 Å². The van der Waals surface area contributed by atoms with Crippen molar-refractivity contribution in [2.24, 2.45) is 0 Å². The molecule has 0 radical (unpaired) electrons. The summed E-state index contributed by atoms with van der Waals surface area (Å²) in [6.07, 6.45) is 4.60. The van der Waals surface area contributed by atoms with E-state index >= 15 is 0 Å². The number of carbonyl (C=O) groups excluding carboxylic acids is 1. The Morgan fingerprint density at radius 3 is 2.65 bits per heavy atom. The van der Waals surface area contributed by atoms with Gasteiger partial charge in [0.05, 0.1) is 5.69 Å². The van der Waals surface area contributed by atoms with Gasteiger partial charge in [-0.3, -0.25) is 9.89 Å². The van der Waals surface area contributed by atoms with Gasteiger partial charge in [0.1, 0.15) is 5.69 Å². The molecule has 1 aromatic heterocycles. The lowest BCUT2D eigenvalue weighted by molar-refractivity contribution is 0.0933. The molecule has 2 aromatic rings. The normalized spacial score (nSPS) is 15.4. The lowest BCUT2D eigenvalue weighted by Crippen LogP contribution is -2.32. The van der Waals surface area contributed by atoms with E-state index in [2.05, 4.69) is 22.4 Å². The molecular formula is C16H19N3O. The summed E-state index contributed by atoms with van der Waals surface area (Å²) >= 11 is 0. The van der Waals surface area contributed by atoms with Gasteiger partial charge >= 0.3 is 0 Å². The van der Waals surface area contributed by atoms with Crippen LogP contribution in [0.15, 0.2) is 30.3 Å². The molecule has 3 rings (SSSR count). The number of carbonyl (C=O) groups is 1. The van der Waals surface area contributed by atoms with Crippen molar-refractivity contribution in [3.05, 3.63) is 41.6 Å². The predicted molar refractivity (Wildman–Crippen MR) is 78.5 cm³/mol. The van der Waals surface area contributed by atoms with Crippen LogP contribution in [0.5, 0.6) is 0 Å². The summed E-state index contributed by atoms with van der Waals surface area (Å²) in [4.78, 5) is 12.1. The molecule has 1 heterocycles. The van der Waals surface area contributed by atoms with Gasteiger partial charge in [-0.15, -0.1) is 0 Å². The van der Waals surface area contributed by atoms with E-state index in [4.69, 9.17) is 0 Å². The highest BCUT2D eigenvalue weighted by Gasteiger charge is 2.19. The second-order valence-corrected chi connectivity index (χ2v) is 5.49. The van der Waals surface area contributed by atoms with Crippen molar-refractivity contribution in [1.29, 1.82) is 0 Å². The highest BCUT2D eigenvalue weighted by Crippen LogP contribution is 2.20. The molecule has 0 atom stereocenters. The van der Waals surface area contributed by atoms with Crippen molar-refractivity contribution in [2.45, 2.75) is 38.6 Å². The zero-order chi connectivity index (χ0) is 13.9. The minimum absolute atomic E-state index is 0.0530. The molecular weight excluding hydrogens is 250 g/mol. The van der Waals surface area contributed by atoms with Crippen LogP contribution in [0, 0.1) is 6.92 Å². The van der Waals surface area contributed by atoms with Gasteiger partial charge in [0, 0.05) is 11.6 Å². The van der Waals surface area contributed by atoms with Crippen LogP contribution in [0.25, 0.3) is 11.3 Å². The third kappa shape index (κ3) is 2.74. The zero-order valence-corrected chi connectivity index (χ0v) is 11.6. The Bertz CT molecular complexity index is 594. The molecule has 4 heteroatoms. The summed E-state index contributed by atoms with van der Waals surface area (Å²) in [6, 6.07) is 10.3. The molecule has 1 aliphatic carbocycles. The Morgan fingerprint density at radius 1 is 1.25 bits per heavy atom. The molecule has 0 aliphatic heterocycles. The molecule has 0 saturated heterocycles. The van der Waals surface area contributed by atoms with Crippen molar-refractivity contribution in [2.75, 3.05) is 0 Å². The minimum atomic E-state index is -0.0530. The van der Waals surface area contributed by atoms with Gasteiger partial charge < -0.3 is 5.32 Å². The van der Waals surface area contributed by atoms with E-state index in [1.165, 1.54) is 18.4 Å². The summed E-state index contributed by atoms with van der Waals surface area (Å²) in [7, 11) is 0. The third-order valence-corrected chi connectivity index (χ3v) is 3.86. The van der Waals surface area contributed by atoms with Crippen LogP contribution in [0.3, 0.4) is 0 Å². The summed E-state index contributed by atoms with van der Waals surface area (Å²) in [5.74, 6) is -0.0530. The predicted octanol–water partition coefficient (Wildman–Crippen LogP) is 3.06. The van der Waals surface area contributed by atoms with Crippen molar-refractivity contribution in [3.8, 4) is 11.3 Å². The zero-order valence-electron chi connectivity index (χ0n) is 11.6. The van der Waals surface area contributed by atoms with Gasteiger partial charge in [0.25, 0.3) is 5.91 Å². The molecule has 4 nitrogen and oxygen atoms in total. The fraction of sp³-hybridized carbons (Fsp3) is 0.375. The van der Waals surface area contributed by atoms with E-state index in [0.717, 1.165) is 24.1 Å². The highest BCUT2D eigenvalue weighted by atomic mass is 16.2. The van der Waals surface area contributed by atoms with E-state index in [9.17, 15) is 4.79 Å². The van der Waals surface area contributed by atoms with E-state index in [1.807, 2.05) is 30.3 Å². The van der Waals surface area contributed by atoms with Gasteiger partial charge in [0.15, 0.2) is 0 Å². The first-order valence-corrected chi connectivity index (χ1v) is 7.16. The molecule has 20 heavy (non-hydrogen) atoms. The lowest BCUT2D eigenvalue weighted by Gasteiger charge is -2.10. The maximum absolute atomic E-state index is 12.1. The standard InChI is InChI=1S/C16H19N3O/c1-11-6-8-12(9-7-11)14-10-15(19-18-14)16(20)17-13-4-2-3-5-13/h6-10,13H,2-5H2,1H3,(H,17,20)(H,18,19). The van der Waals surface area contributed by atoms with Crippen molar-refractivity contribution >= 4 is 5.91 Å². The summed E-state index contributed by atoms with van der Waals surface area (Å²) in [5, 5.41) is 10.1. The first kappa shape index (κ1) is 12.9. The average molecular weight is 269 g/mol. The Kier molecular flexibility index (Phi) is 3.54. The average Bonchev–Trinajstić information content (AvgIpc) is 3.10. The topological polar surface area (TPSA) is 57.8 Å². The van der Waals surface area contributed by atoms with Gasteiger partial charge in [-0.1, -0.05) is 42.7 Å². The van der Waals surface area contributed by atoms with Crippen LogP contribution in [0.1, 0.15) is 41.7 Å². The number of aromatic nitrogens is 2. The number of hydrogen-bond acceptors (Lipinski definition) is 2. The fourth-order valence-corrected chi connectivity index (χ4v) is 2.64. The number of aromatic amines is 1. The number of rotatable bonds is 3. The summed E-state index contributed by atoms with van der Waals surface area (Å²) < 4.78 is 0. The smallest absolute Gasteiger partial charge is 0.269 e. The Hall–Kier alpha value is -2.10. The molecule has 104 valence electrons. The molecule has 1 aromatic carbocycles. The molecule has 1 fully saturated rings. The van der Waals surface area contributed by atoms with Crippen LogP contribution in [0.4, 0.5) is 0 Å². The number of nitrogens with one attached hydrogen (secondary N) is 2. The highest BCUT2D eigenvalue weighted by molar-refractivity contribution is 5.93. The van der Waals surface area contributed by atoms with Gasteiger partial charge in [-0.05, 0) is 25.8 Å². The Balaban J connectivity index is 1.72. The maximum atomic E-state index is 12.1. The van der Waals surface area contributed by atoms with Gasteiger partial charge in [-0.25, -0.2) is 0 Å². The SMILES string of the molecule is Cc1ccc(-c2cc(C(=O)NC3CCCC3)[nH]n2)cc1. The number of benzene rings is 1. The summed E-state index contributed by atoms with van der Waals surface area (Å²) in [6.45, 7) is 2.05. The second kappa shape index (κ2) is 5.49. The largest absolute Gasteiger partial charge is 0.348 e. The van der Waals surface area contributed by atoms with E-state index in [-0.39, 0.29) is 5.91 Å². The van der Waals surface area contributed by atoms with Crippen LogP contribution >= 0.6 is 0 Å². The van der Waals surface area contributed by atoms with E-state index in [0.29, 0.717) is 11.7 Å². The number of H-pyrrole nitrogens is 1. The van der Waals surface area contributed by atoms with E-state index in [1.54, 1.807) is 0 Å². The lowest BCUT2D eigenvalue weighted by atomic mass is 10.1. The van der Waals surface area contributed by atoms with Crippen LogP contribution in [-0.4, -0.2) is 22.1 Å². The molecule has 2 N–H and O–H groups in total.